The summed E-state index contributed by atoms with van der Waals surface area (Å²) in [5.74, 6) is 0.557. The Morgan fingerprint density at radius 2 is 1.88 bits per heavy atom. The zero-order chi connectivity index (χ0) is 17.6. The quantitative estimate of drug-likeness (QED) is 0.877. The predicted octanol–water partition coefficient (Wildman–Crippen LogP) is 3.48. The minimum atomic E-state index is 0.0408. The third-order valence-electron chi connectivity index (χ3n) is 4.93. The van der Waals surface area contributed by atoms with Gasteiger partial charge in [-0.2, -0.15) is 0 Å². The van der Waals surface area contributed by atoms with Crippen LogP contribution < -0.4 is 5.32 Å². The van der Waals surface area contributed by atoms with Gasteiger partial charge in [-0.3, -0.25) is 9.69 Å². The van der Waals surface area contributed by atoms with Gasteiger partial charge in [-0.15, -0.1) is 0 Å². The van der Waals surface area contributed by atoms with Gasteiger partial charge in [-0.25, -0.2) is 0 Å². The maximum atomic E-state index is 12.5. The van der Waals surface area contributed by atoms with E-state index in [2.05, 4.69) is 10.2 Å². The molecule has 1 heterocycles. The molecule has 2 aromatic carbocycles. The SMILES string of the molecule is CC(NC(=O)C1CCN(Cc2cccc(O)c2)CC1)c1ccccc1. The van der Waals surface area contributed by atoms with Crippen LogP contribution in [0.25, 0.3) is 0 Å². The van der Waals surface area contributed by atoms with E-state index in [1.54, 1.807) is 12.1 Å². The highest BCUT2D eigenvalue weighted by molar-refractivity contribution is 5.79. The average molecular weight is 338 g/mol. The van der Waals surface area contributed by atoms with Crippen molar-refractivity contribution in [3.8, 4) is 5.75 Å². The Morgan fingerprint density at radius 1 is 1.16 bits per heavy atom. The van der Waals surface area contributed by atoms with Crippen LogP contribution in [-0.2, 0) is 11.3 Å². The van der Waals surface area contributed by atoms with Crippen LogP contribution in [0.3, 0.4) is 0 Å². The van der Waals surface area contributed by atoms with Gasteiger partial charge in [0.1, 0.15) is 5.75 Å². The molecule has 2 aromatic rings. The van der Waals surface area contributed by atoms with Crippen molar-refractivity contribution >= 4 is 5.91 Å². The number of phenols is 1. The van der Waals surface area contributed by atoms with E-state index in [0.717, 1.165) is 43.6 Å². The molecule has 0 aliphatic carbocycles. The van der Waals surface area contributed by atoms with Gasteiger partial charge in [-0.1, -0.05) is 42.5 Å². The van der Waals surface area contributed by atoms with Crippen molar-refractivity contribution in [2.24, 2.45) is 5.92 Å². The molecule has 2 N–H and O–H groups in total. The molecule has 132 valence electrons. The molecule has 1 aliphatic heterocycles. The van der Waals surface area contributed by atoms with Crippen molar-refractivity contribution in [3.05, 3.63) is 65.7 Å². The molecule has 4 nitrogen and oxygen atoms in total. The number of nitrogens with zero attached hydrogens (tertiary/aromatic N) is 1. The van der Waals surface area contributed by atoms with Crippen LogP contribution in [-0.4, -0.2) is 29.0 Å². The number of likely N-dealkylation sites (tertiary alicyclic amines) is 1. The first kappa shape index (κ1) is 17.5. The lowest BCUT2D eigenvalue weighted by Crippen LogP contribution is -2.40. The first-order valence-corrected chi connectivity index (χ1v) is 8.97. The fourth-order valence-corrected chi connectivity index (χ4v) is 3.42. The molecular formula is C21H26N2O2. The molecule has 1 amide bonds. The summed E-state index contributed by atoms with van der Waals surface area (Å²) in [7, 11) is 0. The zero-order valence-corrected chi connectivity index (χ0v) is 14.7. The van der Waals surface area contributed by atoms with Gasteiger partial charge in [0.15, 0.2) is 0 Å². The van der Waals surface area contributed by atoms with Crippen molar-refractivity contribution in [3.63, 3.8) is 0 Å². The average Bonchev–Trinajstić information content (AvgIpc) is 2.63. The topological polar surface area (TPSA) is 52.6 Å². The second kappa shape index (κ2) is 8.17. The Bertz CT molecular complexity index is 694. The van der Waals surface area contributed by atoms with Crippen LogP contribution in [0.2, 0.25) is 0 Å². The fourth-order valence-electron chi connectivity index (χ4n) is 3.42. The van der Waals surface area contributed by atoms with Crippen molar-refractivity contribution in [1.82, 2.24) is 10.2 Å². The minimum Gasteiger partial charge on any atom is -0.508 e. The number of carbonyl (C=O) groups is 1. The number of carbonyl (C=O) groups excluding carboxylic acids is 1. The van der Waals surface area contributed by atoms with Crippen molar-refractivity contribution < 1.29 is 9.90 Å². The fraction of sp³-hybridized carbons (Fsp3) is 0.381. The molecule has 3 rings (SSSR count). The monoisotopic (exact) mass is 338 g/mol. The highest BCUT2D eigenvalue weighted by Gasteiger charge is 2.26. The highest BCUT2D eigenvalue weighted by Crippen LogP contribution is 2.22. The lowest BCUT2D eigenvalue weighted by Gasteiger charge is -2.32. The molecule has 0 saturated carbocycles. The first-order chi connectivity index (χ1) is 12.1. The van der Waals surface area contributed by atoms with Crippen LogP contribution in [0.15, 0.2) is 54.6 Å². The molecule has 1 atom stereocenters. The Balaban J connectivity index is 1.47. The second-order valence-corrected chi connectivity index (χ2v) is 6.86. The van der Waals surface area contributed by atoms with E-state index in [9.17, 15) is 9.90 Å². The molecule has 0 bridgehead atoms. The molecule has 0 spiro atoms. The van der Waals surface area contributed by atoms with Gasteiger partial charge >= 0.3 is 0 Å². The van der Waals surface area contributed by atoms with Crippen LogP contribution >= 0.6 is 0 Å². The zero-order valence-electron chi connectivity index (χ0n) is 14.7. The number of hydrogen-bond donors (Lipinski definition) is 2. The number of nitrogens with one attached hydrogen (secondary N) is 1. The maximum absolute atomic E-state index is 12.5. The highest BCUT2D eigenvalue weighted by atomic mass is 16.3. The Kier molecular flexibility index (Phi) is 5.71. The predicted molar refractivity (Wildman–Crippen MR) is 99.1 cm³/mol. The Labute approximate surface area is 149 Å². The number of benzene rings is 2. The minimum absolute atomic E-state index is 0.0408. The number of piperidine rings is 1. The summed E-state index contributed by atoms with van der Waals surface area (Å²) in [5, 5.41) is 12.7. The second-order valence-electron chi connectivity index (χ2n) is 6.86. The van der Waals surface area contributed by atoms with Crippen LogP contribution in [0.5, 0.6) is 5.75 Å². The maximum Gasteiger partial charge on any atom is 0.223 e. The third-order valence-corrected chi connectivity index (χ3v) is 4.93. The van der Waals surface area contributed by atoms with Gasteiger partial charge in [0.05, 0.1) is 6.04 Å². The van der Waals surface area contributed by atoms with Gasteiger partial charge < -0.3 is 10.4 Å². The molecule has 1 aliphatic rings. The number of aromatic hydroxyl groups is 1. The van der Waals surface area contributed by atoms with Gasteiger partial charge in [0.25, 0.3) is 0 Å². The summed E-state index contributed by atoms with van der Waals surface area (Å²) in [6, 6.07) is 17.5. The molecule has 1 saturated heterocycles. The van der Waals surface area contributed by atoms with E-state index in [1.807, 2.05) is 49.4 Å². The van der Waals surface area contributed by atoms with Crippen LogP contribution in [0, 0.1) is 5.92 Å². The van der Waals surface area contributed by atoms with Gasteiger partial charge in [0.2, 0.25) is 5.91 Å². The van der Waals surface area contributed by atoms with E-state index in [0.29, 0.717) is 5.75 Å². The summed E-state index contributed by atoms with van der Waals surface area (Å²) in [6.07, 6.45) is 1.76. The van der Waals surface area contributed by atoms with E-state index in [1.165, 1.54) is 0 Å². The summed E-state index contributed by atoms with van der Waals surface area (Å²) in [4.78, 5) is 14.9. The normalized spacial score (nSPS) is 17.2. The number of rotatable bonds is 5. The van der Waals surface area contributed by atoms with Crippen molar-refractivity contribution in [2.75, 3.05) is 13.1 Å². The molecule has 25 heavy (non-hydrogen) atoms. The van der Waals surface area contributed by atoms with Gasteiger partial charge in [-0.05, 0) is 56.1 Å². The molecule has 0 radical (unpaired) electrons. The van der Waals surface area contributed by atoms with E-state index >= 15 is 0 Å². The molecular weight excluding hydrogens is 312 g/mol. The number of phenolic OH excluding ortho intramolecular Hbond substituents is 1. The lowest BCUT2D eigenvalue weighted by atomic mass is 9.95. The largest absolute Gasteiger partial charge is 0.508 e. The summed E-state index contributed by atoms with van der Waals surface area (Å²) in [5.41, 5.74) is 2.25. The standard InChI is InChI=1S/C21H26N2O2/c1-16(18-7-3-2-4-8-18)22-21(25)19-10-12-23(13-11-19)15-17-6-5-9-20(24)14-17/h2-9,14,16,19,24H,10-13,15H2,1H3,(H,22,25). The number of hydrogen-bond acceptors (Lipinski definition) is 3. The van der Waals surface area contributed by atoms with Crippen LogP contribution in [0.4, 0.5) is 0 Å². The smallest absolute Gasteiger partial charge is 0.223 e. The first-order valence-electron chi connectivity index (χ1n) is 8.97. The molecule has 4 heteroatoms. The Morgan fingerprint density at radius 3 is 2.56 bits per heavy atom. The molecule has 0 aromatic heterocycles. The van der Waals surface area contributed by atoms with Gasteiger partial charge in [0, 0.05) is 12.5 Å². The number of amides is 1. The third kappa shape index (κ3) is 4.83. The van der Waals surface area contributed by atoms with E-state index in [-0.39, 0.29) is 17.9 Å². The van der Waals surface area contributed by atoms with Crippen molar-refractivity contribution in [2.45, 2.75) is 32.4 Å². The molecule has 1 unspecified atom stereocenters. The van der Waals surface area contributed by atoms with E-state index < -0.39 is 0 Å². The summed E-state index contributed by atoms with van der Waals surface area (Å²) in [6.45, 7) is 4.67. The van der Waals surface area contributed by atoms with Crippen LogP contribution in [0.1, 0.15) is 36.9 Å². The summed E-state index contributed by atoms with van der Waals surface area (Å²) < 4.78 is 0. The van der Waals surface area contributed by atoms with Crippen molar-refractivity contribution in [1.29, 1.82) is 0 Å². The van der Waals surface area contributed by atoms with E-state index in [4.69, 9.17) is 0 Å². The lowest BCUT2D eigenvalue weighted by molar-refractivity contribution is -0.127. The molecule has 1 fully saturated rings. The summed E-state index contributed by atoms with van der Waals surface area (Å²) >= 11 is 0. The Hall–Kier alpha value is -2.33.